The fourth-order valence-electron chi connectivity index (χ4n) is 0.693. The van der Waals surface area contributed by atoms with Gasteiger partial charge in [0, 0.05) is 0 Å². The first-order chi connectivity index (χ1) is 6.22. The third-order valence-corrected chi connectivity index (χ3v) is 2.10. The molecule has 0 bridgehead atoms. The van der Waals surface area contributed by atoms with E-state index < -0.39 is 5.97 Å². The second-order valence-electron chi connectivity index (χ2n) is 2.16. The lowest BCUT2D eigenvalue weighted by Crippen LogP contribution is -1.98. The van der Waals surface area contributed by atoms with Crippen LogP contribution in [0.15, 0.2) is 23.2 Å². The average molecular weight is 194 g/mol. The predicted molar refractivity (Wildman–Crippen MR) is 47.3 cm³/mol. The molecule has 0 aromatic carbocycles. The van der Waals surface area contributed by atoms with Crippen LogP contribution < -0.4 is 0 Å². The molecule has 0 fully saturated rings. The Kier molecular flexibility index (Phi) is 3.29. The van der Waals surface area contributed by atoms with Gasteiger partial charge in [0.2, 0.25) is 0 Å². The molecule has 0 aliphatic heterocycles. The molecule has 0 amide bonds. The van der Waals surface area contributed by atoms with E-state index in [9.17, 15) is 4.79 Å². The van der Waals surface area contributed by atoms with E-state index in [-0.39, 0.29) is 5.75 Å². The van der Waals surface area contributed by atoms with E-state index in [2.05, 4.69) is 4.98 Å². The molecule has 0 atom stereocenters. The van der Waals surface area contributed by atoms with Gasteiger partial charge in [0.1, 0.15) is 11.8 Å². The molecule has 0 saturated carbocycles. The van der Waals surface area contributed by atoms with Crippen molar-refractivity contribution in [3.8, 4) is 6.07 Å². The Bertz CT molecular complexity index is 359. The van der Waals surface area contributed by atoms with E-state index in [4.69, 9.17) is 10.4 Å². The lowest BCUT2D eigenvalue weighted by atomic mass is 10.4. The zero-order chi connectivity index (χ0) is 9.68. The maximum Gasteiger partial charge on any atom is 0.313 e. The van der Waals surface area contributed by atoms with Gasteiger partial charge in [-0.05, 0) is 12.1 Å². The number of nitrogens with zero attached hydrogens (tertiary/aromatic N) is 2. The number of thioether (sulfide) groups is 1. The molecule has 5 heteroatoms. The van der Waals surface area contributed by atoms with Crippen LogP contribution in [0.4, 0.5) is 0 Å². The quantitative estimate of drug-likeness (QED) is 0.730. The van der Waals surface area contributed by atoms with Crippen LogP contribution in [0, 0.1) is 11.3 Å². The number of carboxylic acid groups (broad SMARTS) is 1. The Balaban J connectivity index is 2.68. The zero-order valence-corrected chi connectivity index (χ0v) is 7.41. The first kappa shape index (κ1) is 9.55. The topological polar surface area (TPSA) is 74.0 Å². The first-order valence-corrected chi connectivity index (χ1v) is 4.42. The van der Waals surface area contributed by atoms with Gasteiger partial charge < -0.3 is 5.11 Å². The third kappa shape index (κ3) is 3.13. The number of rotatable bonds is 3. The summed E-state index contributed by atoms with van der Waals surface area (Å²) in [7, 11) is 0. The lowest BCUT2D eigenvalue weighted by molar-refractivity contribution is -0.133. The molecule has 0 radical (unpaired) electrons. The molecule has 0 spiro atoms. The zero-order valence-electron chi connectivity index (χ0n) is 6.60. The smallest absolute Gasteiger partial charge is 0.313 e. The van der Waals surface area contributed by atoms with Crippen molar-refractivity contribution in [2.75, 3.05) is 5.75 Å². The summed E-state index contributed by atoms with van der Waals surface area (Å²) in [4.78, 5) is 14.1. The Labute approximate surface area is 79.2 Å². The van der Waals surface area contributed by atoms with Crippen LogP contribution in [0.2, 0.25) is 0 Å². The highest BCUT2D eigenvalue weighted by atomic mass is 32.2. The molecular formula is C8H6N2O2S. The third-order valence-electron chi connectivity index (χ3n) is 1.18. The molecule has 0 aliphatic rings. The summed E-state index contributed by atoms with van der Waals surface area (Å²) in [5.41, 5.74) is 0.301. The van der Waals surface area contributed by atoms with Crippen molar-refractivity contribution in [3.05, 3.63) is 23.9 Å². The summed E-state index contributed by atoms with van der Waals surface area (Å²) in [5, 5.41) is 17.4. The molecule has 0 aliphatic carbocycles. The van der Waals surface area contributed by atoms with E-state index in [1.165, 1.54) is 0 Å². The standard InChI is InChI=1S/C8H6N2O2S/c9-4-6-2-1-3-7(10-6)13-5-8(11)12/h1-3H,5H2,(H,11,12). The molecule has 1 aromatic rings. The number of hydrogen-bond acceptors (Lipinski definition) is 4. The summed E-state index contributed by atoms with van der Waals surface area (Å²) < 4.78 is 0. The molecular weight excluding hydrogens is 188 g/mol. The number of aliphatic carboxylic acids is 1. The van der Waals surface area contributed by atoms with Crippen molar-refractivity contribution in [2.24, 2.45) is 0 Å². The molecule has 4 nitrogen and oxygen atoms in total. The maximum absolute atomic E-state index is 10.2. The Morgan fingerprint density at radius 2 is 2.46 bits per heavy atom. The molecule has 0 unspecified atom stereocenters. The molecule has 66 valence electrons. The van der Waals surface area contributed by atoms with Crippen LogP contribution in [-0.4, -0.2) is 21.8 Å². The number of carboxylic acids is 1. The van der Waals surface area contributed by atoms with Gasteiger partial charge in [0.05, 0.1) is 10.8 Å². The van der Waals surface area contributed by atoms with Crippen LogP contribution in [0.1, 0.15) is 5.69 Å². The average Bonchev–Trinajstić information content (AvgIpc) is 2.15. The van der Waals surface area contributed by atoms with Gasteiger partial charge >= 0.3 is 5.97 Å². The predicted octanol–water partition coefficient (Wildman–Crippen LogP) is 1.13. The van der Waals surface area contributed by atoms with Crippen LogP contribution in [0.25, 0.3) is 0 Å². The summed E-state index contributed by atoms with van der Waals surface area (Å²) in [6, 6.07) is 6.81. The van der Waals surface area contributed by atoms with Gasteiger partial charge in [-0.2, -0.15) is 5.26 Å². The fourth-order valence-corrected chi connectivity index (χ4v) is 1.30. The minimum absolute atomic E-state index is 0.0398. The van der Waals surface area contributed by atoms with Crippen LogP contribution in [0.5, 0.6) is 0 Å². The minimum Gasteiger partial charge on any atom is -0.481 e. The molecule has 13 heavy (non-hydrogen) atoms. The highest BCUT2D eigenvalue weighted by Crippen LogP contribution is 2.14. The highest BCUT2D eigenvalue weighted by Gasteiger charge is 2.01. The van der Waals surface area contributed by atoms with Gasteiger partial charge in [0.15, 0.2) is 0 Å². The van der Waals surface area contributed by atoms with Crippen LogP contribution >= 0.6 is 11.8 Å². The second-order valence-corrected chi connectivity index (χ2v) is 3.15. The number of nitriles is 1. The number of aromatic nitrogens is 1. The molecule has 1 N–H and O–H groups in total. The molecule has 1 rings (SSSR count). The Morgan fingerprint density at radius 3 is 3.08 bits per heavy atom. The lowest BCUT2D eigenvalue weighted by Gasteiger charge is -1.96. The summed E-state index contributed by atoms with van der Waals surface area (Å²) in [6.45, 7) is 0. The largest absolute Gasteiger partial charge is 0.481 e. The van der Waals surface area contributed by atoms with Crippen molar-refractivity contribution in [3.63, 3.8) is 0 Å². The van der Waals surface area contributed by atoms with Crippen LogP contribution in [0.3, 0.4) is 0 Å². The van der Waals surface area contributed by atoms with Crippen molar-refractivity contribution in [2.45, 2.75) is 5.03 Å². The fraction of sp³-hybridized carbons (Fsp3) is 0.125. The van der Waals surface area contributed by atoms with Crippen molar-refractivity contribution in [1.82, 2.24) is 4.98 Å². The van der Waals surface area contributed by atoms with Crippen molar-refractivity contribution in [1.29, 1.82) is 5.26 Å². The SMILES string of the molecule is N#Cc1cccc(SCC(=O)O)n1. The van der Waals surface area contributed by atoms with Crippen molar-refractivity contribution < 1.29 is 9.90 Å². The Morgan fingerprint density at radius 1 is 1.69 bits per heavy atom. The molecule has 0 saturated heterocycles. The monoisotopic (exact) mass is 194 g/mol. The molecule has 1 heterocycles. The first-order valence-electron chi connectivity index (χ1n) is 3.44. The molecule has 1 aromatic heterocycles. The number of hydrogen-bond donors (Lipinski definition) is 1. The van der Waals surface area contributed by atoms with Gasteiger partial charge in [-0.15, -0.1) is 0 Å². The van der Waals surface area contributed by atoms with E-state index in [1.54, 1.807) is 18.2 Å². The minimum atomic E-state index is -0.894. The second kappa shape index (κ2) is 4.48. The number of pyridine rings is 1. The van der Waals surface area contributed by atoms with Gasteiger partial charge in [-0.1, -0.05) is 17.8 Å². The van der Waals surface area contributed by atoms with Gasteiger partial charge in [0.25, 0.3) is 0 Å². The van der Waals surface area contributed by atoms with E-state index in [0.29, 0.717) is 10.7 Å². The van der Waals surface area contributed by atoms with Gasteiger partial charge in [-0.25, -0.2) is 4.98 Å². The maximum atomic E-state index is 10.2. The number of carbonyl (C=O) groups is 1. The van der Waals surface area contributed by atoms with Crippen molar-refractivity contribution >= 4 is 17.7 Å². The highest BCUT2D eigenvalue weighted by molar-refractivity contribution is 7.99. The van der Waals surface area contributed by atoms with E-state index >= 15 is 0 Å². The van der Waals surface area contributed by atoms with Crippen LogP contribution in [-0.2, 0) is 4.79 Å². The normalized spacial score (nSPS) is 9.15. The Hall–Kier alpha value is -1.54. The van der Waals surface area contributed by atoms with Gasteiger partial charge in [-0.3, -0.25) is 4.79 Å². The summed E-state index contributed by atoms with van der Waals surface area (Å²) >= 11 is 1.10. The van der Waals surface area contributed by atoms with E-state index in [1.807, 2.05) is 6.07 Å². The van der Waals surface area contributed by atoms with E-state index in [0.717, 1.165) is 11.8 Å². The summed E-state index contributed by atoms with van der Waals surface area (Å²) in [5.74, 6) is -0.934. The summed E-state index contributed by atoms with van der Waals surface area (Å²) in [6.07, 6.45) is 0.